The summed E-state index contributed by atoms with van der Waals surface area (Å²) in [5.74, 6) is -0.677. The highest BCUT2D eigenvalue weighted by molar-refractivity contribution is 7.16. The molecular formula is C16H15F3N2O2S. The third-order valence-electron chi connectivity index (χ3n) is 3.77. The van der Waals surface area contributed by atoms with E-state index in [2.05, 4.69) is 10.1 Å². The number of hydrogen-bond donors (Lipinski definition) is 2. The van der Waals surface area contributed by atoms with Crippen LogP contribution in [0.4, 0.5) is 23.9 Å². The zero-order valence-electron chi connectivity index (χ0n) is 12.6. The number of rotatable bonds is 3. The summed E-state index contributed by atoms with van der Waals surface area (Å²) < 4.78 is 40.2. The number of hydrogen-bond acceptors (Lipinski definition) is 4. The number of carbonyl (C=O) groups excluding carboxylic acids is 1. The summed E-state index contributed by atoms with van der Waals surface area (Å²) in [5.41, 5.74) is 7.85. The fraction of sp³-hybridized carbons (Fsp3) is 0.312. The Kier molecular flexibility index (Phi) is 4.40. The Morgan fingerprint density at radius 3 is 2.50 bits per heavy atom. The number of nitrogens with two attached hydrogens (primary N) is 1. The van der Waals surface area contributed by atoms with Gasteiger partial charge >= 0.3 is 6.36 Å². The van der Waals surface area contributed by atoms with Crippen LogP contribution in [0.25, 0.3) is 0 Å². The molecule has 0 fully saturated rings. The third kappa shape index (κ3) is 3.64. The standard InChI is InChI=1S/C16H15F3N2O2S/c17-16(18,19)23-10-7-5-9(6-8-10)21-15(22)13-11-3-1-2-4-12(11)24-14(13)20/h5-8H,1-4,20H2,(H,21,22). The van der Waals surface area contributed by atoms with Gasteiger partial charge in [-0.25, -0.2) is 0 Å². The molecule has 2 aromatic rings. The van der Waals surface area contributed by atoms with Gasteiger partial charge in [0.15, 0.2) is 0 Å². The van der Waals surface area contributed by atoms with E-state index in [9.17, 15) is 18.0 Å². The lowest BCUT2D eigenvalue weighted by Crippen LogP contribution is -2.17. The van der Waals surface area contributed by atoms with Gasteiger partial charge in [0, 0.05) is 10.6 Å². The monoisotopic (exact) mass is 356 g/mol. The first-order valence-corrected chi connectivity index (χ1v) is 8.22. The van der Waals surface area contributed by atoms with Gasteiger partial charge in [-0.15, -0.1) is 24.5 Å². The topological polar surface area (TPSA) is 64.4 Å². The number of thiophene rings is 1. The van der Waals surface area contributed by atoms with Crippen LogP contribution in [0.3, 0.4) is 0 Å². The van der Waals surface area contributed by atoms with Crippen molar-refractivity contribution >= 4 is 27.9 Å². The van der Waals surface area contributed by atoms with E-state index in [-0.39, 0.29) is 11.7 Å². The molecule has 1 amide bonds. The maximum absolute atomic E-state index is 12.5. The van der Waals surface area contributed by atoms with Crippen molar-refractivity contribution in [3.05, 3.63) is 40.3 Å². The van der Waals surface area contributed by atoms with Crippen molar-refractivity contribution in [3.8, 4) is 5.75 Å². The van der Waals surface area contributed by atoms with Crippen LogP contribution in [-0.2, 0) is 12.8 Å². The lowest BCUT2D eigenvalue weighted by Gasteiger charge is -2.13. The Morgan fingerprint density at radius 2 is 1.83 bits per heavy atom. The molecule has 0 radical (unpaired) electrons. The van der Waals surface area contributed by atoms with Crippen molar-refractivity contribution in [2.75, 3.05) is 11.1 Å². The summed E-state index contributed by atoms with van der Waals surface area (Å²) in [6.45, 7) is 0. The van der Waals surface area contributed by atoms with Crippen LogP contribution in [0, 0.1) is 0 Å². The summed E-state index contributed by atoms with van der Waals surface area (Å²) in [6.07, 6.45) is -0.873. The summed E-state index contributed by atoms with van der Waals surface area (Å²) >= 11 is 1.44. The molecule has 1 aliphatic carbocycles. The normalized spacial score (nSPS) is 14.1. The molecule has 1 aromatic carbocycles. The molecule has 0 saturated carbocycles. The van der Waals surface area contributed by atoms with Gasteiger partial charge in [-0.1, -0.05) is 0 Å². The third-order valence-corrected chi connectivity index (χ3v) is 4.89. The van der Waals surface area contributed by atoms with Crippen LogP contribution < -0.4 is 15.8 Å². The summed E-state index contributed by atoms with van der Waals surface area (Å²) in [6, 6.07) is 5.01. The van der Waals surface area contributed by atoms with Gasteiger partial charge in [-0.2, -0.15) is 0 Å². The summed E-state index contributed by atoms with van der Waals surface area (Å²) in [4.78, 5) is 13.6. The minimum Gasteiger partial charge on any atom is -0.406 e. The molecule has 0 bridgehead atoms. The first-order chi connectivity index (χ1) is 11.3. The molecule has 0 atom stereocenters. The van der Waals surface area contributed by atoms with E-state index in [1.807, 2.05) is 0 Å². The Balaban J connectivity index is 1.75. The number of ether oxygens (including phenoxy) is 1. The van der Waals surface area contributed by atoms with Gasteiger partial charge in [0.05, 0.1) is 10.6 Å². The quantitative estimate of drug-likeness (QED) is 0.859. The van der Waals surface area contributed by atoms with Crippen LogP contribution in [-0.4, -0.2) is 12.3 Å². The number of anilines is 2. The zero-order chi connectivity index (χ0) is 17.3. The van der Waals surface area contributed by atoms with E-state index in [1.165, 1.54) is 23.5 Å². The predicted octanol–water partition coefficient (Wildman–Crippen LogP) is 4.36. The lowest BCUT2D eigenvalue weighted by atomic mass is 9.95. The van der Waals surface area contributed by atoms with Gasteiger partial charge in [0.1, 0.15) is 5.75 Å². The molecule has 24 heavy (non-hydrogen) atoms. The minimum absolute atomic E-state index is 0.337. The molecule has 0 saturated heterocycles. The number of carbonyl (C=O) groups is 1. The highest BCUT2D eigenvalue weighted by Gasteiger charge is 2.31. The van der Waals surface area contributed by atoms with E-state index in [1.54, 1.807) is 0 Å². The number of amides is 1. The number of halogens is 3. The SMILES string of the molecule is Nc1sc2c(c1C(=O)Nc1ccc(OC(F)(F)F)cc1)CCCC2. The van der Waals surface area contributed by atoms with Crippen LogP contribution in [0.15, 0.2) is 24.3 Å². The van der Waals surface area contributed by atoms with Crippen molar-refractivity contribution < 1.29 is 22.7 Å². The van der Waals surface area contributed by atoms with Gasteiger partial charge in [-0.3, -0.25) is 4.79 Å². The zero-order valence-corrected chi connectivity index (χ0v) is 13.4. The lowest BCUT2D eigenvalue weighted by molar-refractivity contribution is -0.274. The van der Waals surface area contributed by atoms with Crippen LogP contribution >= 0.6 is 11.3 Å². The average molecular weight is 356 g/mol. The number of nitrogens with one attached hydrogen (secondary N) is 1. The van der Waals surface area contributed by atoms with E-state index in [4.69, 9.17) is 5.73 Å². The molecule has 0 unspecified atom stereocenters. The van der Waals surface area contributed by atoms with E-state index >= 15 is 0 Å². The Morgan fingerprint density at radius 1 is 1.17 bits per heavy atom. The Bertz CT molecular complexity index is 754. The van der Waals surface area contributed by atoms with Crippen LogP contribution in [0.1, 0.15) is 33.6 Å². The molecule has 3 N–H and O–H groups in total. The summed E-state index contributed by atoms with van der Waals surface area (Å²) in [7, 11) is 0. The number of aryl methyl sites for hydroxylation is 1. The molecule has 1 heterocycles. The van der Waals surface area contributed by atoms with E-state index in [0.29, 0.717) is 16.3 Å². The molecule has 0 spiro atoms. The highest BCUT2D eigenvalue weighted by atomic mass is 32.1. The average Bonchev–Trinajstić information content (AvgIpc) is 2.83. The first-order valence-electron chi connectivity index (χ1n) is 7.40. The van der Waals surface area contributed by atoms with E-state index < -0.39 is 6.36 Å². The molecule has 3 rings (SSSR count). The van der Waals surface area contributed by atoms with Crippen molar-refractivity contribution in [2.45, 2.75) is 32.0 Å². The predicted molar refractivity (Wildman–Crippen MR) is 86.5 cm³/mol. The molecule has 4 nitrogen and oxygen atoms in total. The number of nitrogen functional groups attached to an aromatic ring is 1. The molecule has 128 valence electrons. The first kappa shape index (κ1) is 16.6. The largest absolute Gasteiger partial charge is 0.573 e. The Hall–Kier alpha value is -2.22. The van der Waals surface area contributed by atoms with Crippen molar-refractivity contribution in [1.82, 2.24) is 0 Å². The number of alkyl halides is 3. The second kappa shape index (κ2) is 6.35. The second-order valence-corrected chi connectivity index (χ2v) is 6.61. The molecule has 8 heteroatoms. The smallest absolute Gasteiger partial charge is 0.406 e. The van der Waals surface area contributed by atoms with Crippen molar-refractivity contribution in [2.24, 2.45) is 0 Å². The highest BCUT2D eigenvalue weighted by Crippen LogP contribution is 2.36. The van der Waals surface area contributed by atoms with Crippen molar-refractivity contribution in [3.63, 3.8) is 0 Å². The van der Waals surface area contributed by atoms with Gasteiger partial charge < -0.3 is 15.8 Å². The fourth-order valence-electron chi connectivity index (χ4n) is 2.77. The maximum atomic E-state index is 12.5. The second-order valence-electron chi connectivity index (χ2n) is 5.48. The molecule has 1 aromatic heterocycles. The van der Waals surface area contributed by atoms with Crippen molar-refractivity contribution in [1.29, 1.82) is 0 Å². The number of benzene rings is 1. The molecule has 1 aliphatic rings. The van der Waals surface area contributed by atoms with Gasteiger partial charge in [0.25, 0.3) is 5.91 Å². The van der Waals surface area contributed by atoms with Gasteiger partial charge in [0.2, 0.25) is 0 Å². The molecular weight excluding hydrogens is 341 g/mol. The Labute approximate surface area is 140 Å². The fourth-order valence-corrected chi connectivity index (χ4v) is 3.93. The van der Waals surface area contributed by atoms with Gasteiger partial charge in [-0.05, 0) is 55.5 Å². The number of fused-ring (bicyclic) bond motifs is 1. The molecule has 0 aliphatic heterocycles. The van der Waals surface area contributed by atoms with Crippen LogP contribution in [0.2, 0.25) is 0 Å². The summed E-state index contributed by atoms with van der Waals surface area (Å²) in [5, 5.41) is 3.16. The minimum atomic E-state index is -4.74. The van der Waals surface area contributed by atoms with E-state index in [0.717, 1.165) is 48.3 Å². The van der Waals surface area contributed by atoms with Crippen LogP contribution in [0.5, 0.6) is 5.75 Å². The maximum Gasteiger partial charge on any atom is 0.573 e.